The first-order valence-electron chi connectivity index (χ1n) is 5.89. The Kier molecular flexibility index (Phi) is 4.71. The van der Waals surface area contributed by atoms with Gasteiger partial charge in [0.25, 0.3) is 0 Å². The average Bonchev–Trinajstić information content (AvgIpc) is 2.31. The molecule has 0 aromatic heterocycles. The Labute approximate surface area is 102 Å². The minimum atomic E-state index is -0.570. The molecular formula is C14H18N2O. The fraction of sp³-hybridized carbons (Fsp3) is 0.429. The van der Waals surface area contributed by atoms with Gasteiger partial charge in [0.05, 0.1) is 6.07 Å². The van der Waals surface area contributed by atoms with Crippen molar-refractivity contribution in [2.24, 2.45) is 5.92 Å². The molecule has 1 aromatic carbocycles. The van der Waals surface area contributed by atoms with Gasteiger partial charge in [-0.25, -0.2) is 0 Å². The highest BCUT2D eigenvalue weighted by Crippen LogP contribution is 2.17. The van der Waals surface area contributed by atoms with E-state index in [4.69, 9.17) is 5.26 Å². The normalized spacial score (nSPS) is 11.9. The number of nitrogens with one attached hydrogen (secondary N) is 1. The molecule has 17 heavy (non-hydrogen) atoms. The molecule has 0 bridgehead atoms. The summed E-state index contributed by atoms with van der Waals surface area (Å²) in [5.74, 6) is -0.325. The molecule has 90 valence electrons. The Balaban J connectivity index is 2.70. The monoisotopic (exact) mass is 230 g/mol. The molecular weight excluding hydrogens is 212 g/mol. The van der Waals surface area contributed by atoms with Crippen LogP contribution in [0.3, 0.4) is 0 Å². The molecule has 0 saturated carbocycles. The van der Waals surface area contributed by atoms with E-state index in [9.17, 15) is 4.79 Å². The van der Waals surface area contributed by atoms with Crippen molar-refractivity contribution in [1.29, 1.82) is 5.26 Å². The van der Waals surface area contributed by atoms with Gasteiger partial charge in [-0.2, -0.15) is 5.26 Å². The number of hydrogen-bond acceptors (Lipinski definition) is 2. The molecule has 0 aliphatic heterocycles. The number of hydrogen-bond donors (Lipinski definition) is 1. The minimum absolute atomic E-state index is 0.229. The maximum atomic E-state index is 11.7. The van der Waals surface area contributed by atoms with Gasteiger partial charge in [-0.15, -0.1) is 0 Å². The standard InChI is InChI=1S/C14H18N2O/c1-4-11(9-15)14(17)16-13-7-5-12(6-8-13)10(2)3/h5-8,10-11H,4H2,1-3H3,(H,16,17). The van der Waals surface area contributed by atoms with E-state index in [-0.39, 0.29) is 5.91 Å². The number of carbonyl (C=O) groups excluding carboxylic acids is 1. The molecule has 1 unspecified atom stereocenters. The summed E-state index contributed by atoms with van der Waals surface area (Å²) in [6.45, 7) is 6.07. The third-order valence-electron chi connectivity index (χ3n) is 2.73. The number of amides is 1. The van der Waals surface area contributed by atoms with Crippen LogP contribution in [0.4, 0.5) is 5.69 Å². The van der Waals surface area contributed by atoms with Crippen molar-refractivity contribution in [3.05, 3.63) is 29.8 Å². The molecule has 0 radical (unpaired) electrons. The first-order valence-corrected chi connectivity index (χ1v) is 5.89. The molecule has 0 aliphatic rings. The van der Waals surface area contributed by atoms with E-state index in [2.05, 4.69) is 19.2 Å². The second-order valence-electron chi connectivity index (χ2n) is 4.36. The largest absolute Gasteiger partial charge is 0.325 e. The number of nitrogens with zero attached hydrogens (tertiary/aromatic N) is 1. The SMILES string of the molecule is CCC(C#N)C(=O)Nc1ccc(C(C)C)cc1. The molecule has 1 atom stereocenters. The van der Waals surface area contributed by atoms with Crippen LogP contribution in [-0.2, 0) is 4.79 Å². The summed E-state index contributed by atoms with van der Waals surface area (Å²) in [6.07, 6.45) is 0.534. The number of benzene rings is 1. The van der Waals surface area contributed by atoms with Gasteiger partial charge in [0.1, 0.15) is 5.92 Å². The summed E-state index contributed by atoms with van der Waals surface area (Å²) < 4.78 is 0. The lowest BCUT2D eigenvalue weighted by Crippen LogP contribution is -2.20. The van der Waals surface area contributed by atoms with E-state index >= 15 is 0 Å². The molecule has 3 heteroatoms. The van der Waals surface area contributed by atoms with Gasteiger partial charge in [0, 0.05) is 5.69 Å². The highest BCUT2D eigenvalue weighted by atomic mass is 16.1. The van der Waals surface area contributed by atoms with E-state index in [1.807, 2.05) is 37.3 Å². The Morgan fingerprint density at radius 3 is 2.35 bits per heavy atom. The maximum Gasteiger partial charge on any atom is 0.241 e. The van der Waals surface area contributed by atoms with Gasteiger partial charge >= 0.3 is 0 Å². The molecule has 1 N–H and O–H groups in total. The van der Waals surface area contributed by atoms with Gasteiger partial charge in [0.2, 0.25) is 5.91 Å². The van der Waals surface area contributed by atoms with Gasteiger partial charge in [-0.1, -0.05) is 32.9 Å². The molecule has 3 nitrogen and oxygen atoms in total. The minimum Gasteiger partial charge on any atom is -0.325 e. The Morgan fingerprint density at radius 1 is 1.35 bits per heavy atom. The Morgan fingerprint density at radius 2 is 1.94 bits per heavy atom. The van der Waals surface area contributed by atoms with E-state index in [0.29, 0.717) is 12.3 Å². The summed E-state index contributed by atoms with van der Waals surface area (Å²) in [5.41, 5.74) is 1.98. The van der Waals surface area contributed by atoms with Crippen molar-refractivity contribution < 1.29 is 4.79 Å². The van der Waals surface area contributed by atoms with E-state index in [1.165, 1.54) is 5.56 Å². The van der Waals surface area contributed by atoms with Crippen LogP contribution >= 0.6 is 0 Å². The maximum absolute atomic E-state index is 11.7. The number of carbonyl (C=O) groups is 1. The van der Waals surface area contributed by atoms with E-state index in [0.717, 1.165) is 5.69 Å². The van der Waals surface area contributed by atoms with Crippen LogP contribution in [0.15, 0.2) is 24.3 Å². The smallest absolute Gasteiger partial charge is 0.241 e. The molecule has 0 heterocycles. The number of nitriles is 1. The summed E-state index contributed by atoms with van der Waals surface area (Å²) in [5, 5.41) is 11.5. The van der Waals surface area contributed by atoms with Gasteiger partial charge in [-0.3, -0.25) is 4.79 Å². The topological polar surface area (TPSA) is 52.9 Å². The second kappa shape index (κ2) is 6.05. The van der Waals surface area contributed by atoms with E-state index in [1.54, 1.807) is 0 Å². The fourth-order valence-corrected chi connectivity index (χ4v) is 1.52. The van der Waals surface area contributed by atoms with E-state index < -0.39 is 5.92 Å². The molecule has 0 spiro atoms. The Hall–Kier alpha value is -1.82. The zero-order chi connectivity index (χ0) is 12.8. The molecule has 0 aliphatic carbocycles. The zero-order valence-corrected chi connectivity index (χ0v) is 10.5. The molecule has 0 fully saturated rings. The van der Waals surface area contributed by atoms with Crippen LogP contribution in [-0.4, -0.2) is 5.91 Å². The lowest BCUT2D eigenvalue weighted by Gasteiger charge is -2.10. The summed E-state index contributed by atoms with van der Waals surface area (Å²) in [6, 6.07) is 9.72. The Bertz CT molecular complexity index is 415. The summed E-state index contributed by atoms with van der Waals surface area (Å²) in [7, 11) is 0. The molecule has 0 saturated heterocycles. The lowest BCUT2D eigenvalue weighted by atomic mass is 10.0. The number of rotatable bonds is 4. The fourth-order valence-electron chi connectivity index (χ4n) is 1.52. The lowest BCUT2D eigenvalue weighted by molar-refractivity contribution is -0.118. The van der Waals surface area contributed by atoms with Crippen LogP contribution < -0.4 is 5.32 Å². The summed E-state index contributed by atoms with van der Waals surface area (Å²) >= 11 is 0. The highest BCUT2D eigenvalue weighted by molar-refractivity contribution is 5.94. The third kappa shape index (κ3) is 3.60. The predicted molar refractivity (Wildman–Crippen MR) is 68.6 cm³/mol. The molecule has 1 aromatic rings. The van der Waals surface area contributed by atoms with Crippen molar-refractivity contribution in [2.75, 3.05) is 5.32 Å². The average molecular weight is 230 g/mol. The van der Waals surface area contributed by atoms with Crippen LogP contribution in [0.25, 0.3) is 0 Å². The van der Waals surface area contributed by atoms with Crippen LogP contribution in [0.2, 0.25) is 0 Å². The van der Waals surface area contributed by atoms with Crippen molar-refractivity contribution in [3.8, 4) is 6.07 Å². The third-order valence-corrected chi connectivity index (χ3v) is 2.73. The van der Waals surface area contributed by atoms with Crippen molar-refractivity contribution >= 4 is 11.6 Å². The quantitative estimate of drug-likeness (QED) is 0.862. The van der Waals surface area contributed by atoms with Gasteiger partial charge in [-0.05, 0) is 30.0 Å². The first-order chi connectivity index (χ1) is 8.08. The predicted octanol–water partition coefficient (Wildman–Crippen LogP) is 3.30. The first kappa shape index (κ1) is 13.2. The van der Waals surface area contributed by atoms with Crippen LogP contribution in [0, 0.1) is 17.2 Å². The van der Waals surface area contributed by atoms with Crippen molar-refractivity contribution in [2.45, 2.75) is 33.1 Å². The second-order valence-corrected chi connectivity index (χ2v) is 4.36. The highest BCUT2D eigenvalue weighted by Gasteiger charge is 2.15. The van der Waals surface area contributed by atoms with Gasteiger partial charge < -0.3 is 5.32 Å². The number of anilines is 1. The van der Waals surface area contributed by atoms with Crippen LogP contribution in [0.5, 0.6) is 0 Å². The summed E-state index contributed by atoms with van der Waals surface area (Å²) in [4.78, 5) is 11.7. The zero-order valence-electron chi connectivity index (χ0n) is 10.5. The molecule has 1 rings (SSSR count). The molecule has 1 amide bonds. The van der Waals surface area contributed by atoms with Crippen molar-refractivity contribution in [3.63, 3.8) is 0 Å². The van der Waals surface area contributed by atoms with Gasteiger partial charge in [0.15, 0.2) is 0 Å². The van der Waals surface area contributed by atoms with Crippen molar-refractivity contribution in [1.82, 2.24) is 0 Å². The van der Waals surface area contributed by atoms with Crippen LogP contribution in [0.1, 0.15) is 38.7 Å².